The highest BCUT2D eigenvalue weighted by atomic mass is 16.5. The second kappa shape index (κ2) is 7.73. The number of benzene rings is 1. The number of piperazine rings is 1. The van der Waals surface area contributed by atoms with E-state index in [1.165, 1.54) is 5.56 Å². The Morgan fingerprint density at radius 1 is 1.04 bits per heavy atom. The Bertz CT molecular complexity index is 476. The third-order valence-corrected chi connectivity index (χ3v) is 5.04. The Morgan fingerprint density at radius 3 is 2.48 bits per heavy atom. The van der Waals surface area contributed by atoms with Gasteiger partial charge in [-0.3, -0.25) is 14.7 Å². The van der Waals surface area contributed by atoms with Gasteiger partial charge in [0.05, 0.1) is 13.2 Å². The zero-order valence-corrected chi connectivity index (χ0v) is 14.2. The van der Waals surface area contributed by atoms with Gasteiger partial charge in [-0.2, -0.15) is 0 Å². The molecule has 1 N–H and O–H groups in total. The summed E-state index contributed by atoms with van der Waals surface area (Å²) >= 11 is 0. The molecular formula is C18H29N3O2. The number of nitrogens with zero attached hydrogens (tertiary/aromatic N) is 3. The van der Waals surface area contributed by atoms with E-state index in [1.807, 2.05) is 0 Å². The van der Waals surface area contributed by atoms with E-state index in [0.29, 0.717) is 0 Å². The van der Waals surface area contributed by atoms with Crippen LogP contribution in [0.25, 0.3) is 0 Å². The fraction of sp³-hybridized carbons (Fsp3) is 0.667. The molecular weight excluding hydrogens is 290 g/mol. The van der Waals surface area contributed by atoms with Crippen molar-refractivity contribution < 1.29 is 9.84 Å². The maximum absolute atomic E-state index is 9.07. The van der Waals surface area contributed by atoms with Crippen LogP contribution in [0.4, 0.5) is 0 Å². The Morgan fingerprint density at radius 2 is 1.78 bits per heavy atom. The molecule has 0 aliphatic carbocycles. The molecule has 2 saturated heterocycles. The van der Waals surface area contributed by atoms with Gasteiger partial charge >= 0.3 is 0 Å². The molecule has 1 atom stereocenters. The summed E-state index contributed by atoms with van der Waals surface area (Å²) in [5, 5.41) is 9.07. The predicted molar refractivity (Wildman–Crippen MR) is 91.2 cm³/mol. The van der Waals surface area contributed by atoms with Crippen LogP contribution in [0.15, 0.2) is 30.3 Å². The van der Waals surface area contributed by atoms with E-state index in [2.05, 4.69) is 52.0 Å². The third kappa shape index (κ3) is 4.31. The number of aliphatic hydroxyl groups excluding tert-OH is 1. The van der Waals surface area contributed by atoms with Crippen molar-refractivity contribution >= 4 is 0 Å². The van der Waals surface area contributed by atoms with Gasteiger partial charge in [-0.25, -0.2) is 0 Å². The minimum atomic E-state index is -0.196. The number of ether oxygens (including phenoxy) is 1. The summed E-state index contributed by atoms with van der Waals surface area (Å²) in [7, 11) is 0. The second-order valence-electron chi connectivity index (χ2n) is 6.77. The molecule has 23 heavy (non-hydrogen) atoms. The summed E-state index contributed by atoms with van der Waals surface area (Å²) in [6.45, 7) is 11.0. The minimum Gasteiger partial charge on any atom is -0.395 e. The number of β-amino-alcohol motifs (C(OH)–C–C–N with tert-alkyl or cyclic N) is 1. The lowest BCUT2D eigenvalue weighted by Gasteiger charge is -2.49. The first-order chi connectivity index (χ1) is 11.2. The smallest absolute Gasteiger partial charge is 0.131 e. The van der Waals surface area contributed by atoms with E-state index in [4.69, 9.17) is 9.84 Å². The first-order valence-electron chi connectivity index (χ1n) is 8.68. The summed E-state index contributed by atoms with van der Waals surface area (Å²) in [4.78, 5) is 7.29. The Hall–Kier alpha value is -0.980. The number of rotatable bonds is 5. The Balaban J connectivity index is 1.56. The van der Waals surface area contributed by atoms with Crippen molar-refractivity contribution in [1.82, 2.24) is 14.7 Å². The lowest BCUT2D eigenvalue weighted by atomic mass is 10.1. The van der Waals surface area contributed by atoms with Gasteiger partial charge in [0, 0.05) is 52.4 Å². The summed E-state index contributed by atoms with van der Waals surface area (Å²) in [6.07, 6.45) is 0. The topological polar surface area (TPSA) is 39.2 Å². The van der Waals surface area contributed by atoms with Crippen LogP contribution in [0.5, 0.6) is 0 Å². The molecule has 0 spiro atoms. The first-order valence-corrected chi connectivity index (χ1v) is 8.68. The zero-order chi connectivity index (χ0) is 16.1. The molecule has 1 aromatic carbocycles. The van der Waals surface area contributed by atoms with E-state index in [9.17, 15) is 0 Å². The van der Waals surface area contributed by atoms with Crippen LogP contribution in [0, 0.1) is 0 Å². The van der Waals surface area contributed by atoms with Crippen LogP contribution < -0.4 is 0 Å². The molecule has 2 fully saturated rings. The van der Waals surface area contributed by atoms with E-state index < -0.39 is 0 Å². The molecule has 1 aromatic rings. The highest BCUT2D eigenvalue weighted by Crippen LogP contribution is 2.25. The molecule has 2 aliphatic heterocycles. The monoisotopic (exact) mass is 319 g/mol. The van der Waals surface area contributed by atoms with Gasteiger partial charge < -0.3 is 9.84 Å². The number of morpholine rings is 1. The average molecular weight is 319 g/mol. The quantitative estimate of drug-likeness (QED) is 0.871. The van der Waals surface area contributed by atoms with E-state index in [-0.39, 0.29) is 12.3 Å². The molecule has 0 saturated carbocycles. The fourth-order valence-electron chi connectivity index (χ4n) is 3.69. The molecule has 1 unspecified atom stereocenters. The standard InChI is InChI=1S/C18H29N3O2/c1-18(21-9-7-19(8-10-21)11-13-22)16-20(12-14-23-18)15-17-5-3-2-4-6-17/h2-6,22H,7-16H2,1H3. The molecule has 0 aromatic heterocycles. The van der Waals surface area contributed by atoms with E-state index in [0.717, 1.165) is 59.0 Å². The highest BCUT2D eigenvalue weighted by Gasteiger charge is 2.38. The molecule has 5 nitrogen and oxygen atoms in total. The molecule has 0 bridgehead atoms. The molecule has 5 heteroatoms. The van der Waals surface area contributed by atoms with E-state index >= 15 is 0 Å². The maximum Gasteiger partial charge on any atom is 0.131 e. The summed E-state index contributed by atoms with van der Waals surface area (Å²) in [5.74, 6) is 0. The van der Waals surface area contributed by atoms with Crippen molar-refractivity contribution in [3.05, 3.63) is 35.9 Å². The molecule has 0 radical (unpaired) electrons. The van der Waals surface area contributed by atoms with Crippen LogP contribution in [-0.4, -0.2) is 84.6 Å². The van der Waals surface area contributed by atoms with Crippen LogP contribution in [-0.2, 0) is 11.3 Å². The van der Waals surface area contributed by atoms with Crippen molar-refractivity contribution in [2.45, 2.75) is 19.2 Å². The maximum atomic E-state index is 9.07. The summed E-state index contributed by atoms with van der Waals surface area (Å²) in [6, 6.07) is 10.7. The van der Waals surface area contributed by atoms with Gasteiger partial charge in [0.15, 0.2) is 0 Å². The predicted octanol–water partition coefficient (Wildman–Crippen LogP) is 0.845. The molecule has 2 heterocycles. The fourth-order valence-corrected chi connectivity index (χ4v) is 3.69. The van der Waals surface area contributed by atoms with Gasteiger partial charge in [0.2, 0.25) is 0 Å². The lowest BCUT2D eigenvalue weighted by Crippen LogP contribution is -2.63. The van der Waals surface area contributed by atoms with E-state index in [1.54, 1.807) is 0 Å². The van der Waals surface area contributed by atoms with Gasteiger partial charge in [-0.15, -0.1) is 0 Å². The van der Waals surface area contributed by atoms with Crippen LogP contribution in [0.1, 0.15) is 12.5 Å². The summed E-state index contributed by atoms with van der Waals surface area (Å²) < 4.78 is 6.18. The van der Waals surface area contributed by atoms with Crippen molar-refractivity contribution in [3.8, 4) is 0 Å². The van der Waals surface area contributed by atoms with Crippen LogP contribution >= 0.6 is 0 Å². The van der Waals surface area contributed by atoms with Crippen LogP contribution in [0.3, 0.4) is 0 Å². The van der Waals surface area contributed by atoms with Crippen molar-refractivity contribution in [3.63, 3.8) is 0 Å². The van der Waals surface area contributed by atoms with Crippen molar-refractivity contribution in [2.75, 3.05) is 59.0 Å². The molecule has 0 amide bonds. The van der Waals surface area contributed by atoms with Gasteiger partial charge in [0.1, 0.15) is 5.72 Å². The van der Waals surface area contributed by atoms with Crippen LogP contribution in [0.2, 0.25) is 0 Å². The SMILES string of the molecule is CC1(N2CCN(CCO)CC2)CN(Cc2ccccc2)CCO1. The largest absolute Gasteiger partial charge is 0.395 e. The van der Waals surface area contributed by atoms with Gasteiger partial charge in [-0.1, -0.05) is 30.3 Å². The minimum absolute atomic E-state index is 0.196. The van der Waals surface area contributed by atoms with Gasteiger partial charge in [0.25, 0.3) is 0 Å². The average Bonchev–Trinajstić information content (AvgIpc) is 2.57. The Labute approximate surface area is 139 Å². The zero-order valence-electron chi connectivity index (χ0n) is 14.2. The lowest BCUT2D eigenvalue weighted by molar-refractivity contribution is -0.196. The Kier molecular flexibility index (Phi) is 5.67. The normalized spacial score (nSPS) is 28.1. The third-order valence-electron chi connectivity index (χ3n) is 5.04. The van der Waals surface area contributed by atoms with Gasteiger partial charge in [-0.05, 0) is 12.5 Å². The number of aliphatic hydroxyl groups is 1. The molecule has 128 valence electrons. The first kappa shape index (κ1) is 16.9. The van der Waals surface area contributed by atoms with Crippen molar-refractivity contribution in [2.24, 2.45) is 0 Å². The molecule has 3 rings (SSSR count). The highest BCUT2D eigenvalue weighted by molar-refractivity contribution is 5.14. The van der Waals surface area contributed by atoms with Crippen molar-refractivity contribution in [1.29, 1.82) is 0 Å². The second-order valence-corrected chi connectivity index (χ2v) is 6.77. The number of hydrogen-bond acceptors (Lipinski definition) is 5. The number of hydrogen-bond donors (Lipinski definition) is 1. The summed E-state index contributed by atoms with van der Waals surface area (Å²) in [5.41, 5.74) is 1.17. The molecule has 2 aliphatic rings.